The molecule has 0 fully saturated rings. The maximum Gasteiger partial charge on any atom is 0.101 e. The largest absolute Gasteiger partial charge is 0.405 e. The molecule has 0 saturated carbocycles. The summed E-state index contributed by atoms with van der Waals surface area (Å²) in [7, 11) is 0. The van der Waals surface area contributed by atoms with E-state index in [0.717, 1.165) is 19.5 Å². The maximum atomic E-state index is 9.44. The number of halogens is 2. The molecule has 0 aliphatic rings. The highest BCUT2D eigenvalue weighted by Crippen LogP contribution is 2.44. The van der Waals surface area contributed by atoms with Gasteiger partial charge in [0.2, 0.25) is 0 Å². The lowest BCUT2D eigenvalue weighted by atomic mass is 10.2. The fourth-order valence-electron chi connectivity index (χ4n) is 2.02. The van der Waals surface area contributed by atoms with Crippen LogP contribution in [-0.4, -0.2) is 11.2 Å². The zero-order chi connectivity index (χ0) is 21.8. The van der Waals surface area contributed by atoms with E-state index in [4.69, 9.17) is 23.2 Å². The second-order valence-corrected chi connectivity index (χ2v) is 8.95. The molecule has 0 saturated heterocycles. The van der Waals surface area contributed by atoms with Crippen LogP contribution in [0.5, 0.6) is 0 Å². The Balaban J connectivity index is 0.000000771. The van der Waals surface area contributed by atoms with Crippen LogP contribution in [0.1, 0.15) is 19.4 Å². The Labute approximate surface area is 195 Å². The number of hydrogen-bond acceptors (Lipinski definition) is 6. The van der Waals surface area contributed by atoms with Gasteiger partial charge in [-0.1, -0.05) is 67.5 Å². The average Bonchev–Trinajstić information content (AvgIpc) is 3.16. The number of thioether (sulfide) groups is 1. The van der Waals surface area contributed by atoms with Gasteiger partial charge in [0.25, 0.3) is 0 Å². The number of nitriles is 1. The first-order chi connectivity index (χ1) is 14.0. The summed E-state index contributed by atoms with van der Waals surface area (Å²) in [4.78, 5) is 6.93. The molecule has 0 aliphatic heterocycles. The molecular weight excluding hydrogens is 461 g/mol. The summed E-state index contributed by atoms with van der Waals surface area (Å²) in [5.41, 5.74) is 6.32. The number of nitrogens with zero attached hydrogens (tertiary/aromatic N) is 2. The Morgan fingerprint density at radius 1 is 1.17 bits per heavy atom. The van der Waals surface area contributed by atoms with Crippen LogP contribution in [0.3, 0.4) is 0 Å². The third-order valence-electron chi connectivity index (χ3n) is 3.20. The van der Waals surface area contributed by atoms with Gasteiger partial charge in [0.1, 0.15) is 6.07 Å². The molecule has 0 atom stereocenters. The molecule has 0 spiro atoms. The van der Waals surface area contributed by atoms with Gasteiger partial charge < -0.3 is 5.73 Å². The molecule has 2 N–H and O–H groups in total. The first-order valence-corrected chi connectivity index (χ1v) is 12.1. The van der Waals surface area contributed by atoms with Crippen LogP contribution in [0, 0.1) is 11.3 Å². The number of thiophene rings is 1. The van der Waals surface area contributed by atoms with Gasteiger partial charge >= 0.3 is 0 Å². The lowest BCUT2D eigenvalue weighted by Gasteiger charge is -2.04. The monoisotopic (exact) mass is 481 g/mol. The topological polar surface area (TPSA) is 62.7 Å². The van der Waals surface area contributed by atoms with Crippen molar-refractivity contribution in [3.05, 3.63) is 71.1 Å². The van der Waals surface area contributed by atoms with Gasteiger partial charge in [0.15, 0.2) is 0 Å². The van der Waals surface area contributed by atoms with Gasteiger partial charge in [0, 0.05) is 22.2 Å². The second-order valence-electron chi connectivity index (χ2n) is 4.92. The lowest BCUT2D eigenvalue weighted by molar-refractivity contribution is 1.26. The van der Waals surface area contributed by atoms with Gasteiger partial charge in [-0.2, -0.15) is 5.26 Å². The molecule has 3 rings (SSSR count). The standard InChI is InChI=1S/C17H10Cl2N2S3.C2H5N.C2H6/c1-22-12-4-2-10(3-5-12)15-6-11(7-20)17(23-15)24-16-13(18)8-21-9-14(16)19;1-2-3;1-2/h2-6,8-9H,1H3;2H,1,3H2;1-2H3. The summed E-state index contributed by atoms with van der Waals surface area (Å²) >= 11 is 17.0. The summed E-state index contributed by atoms with van der Waals surface area (Å²) < 4.78 is 0.872. The molecule has 3 aromatic rings. The van der Waals surface area contributed by atoms with E-state index in [1.165, 1.54) is 22.9 Å². The molecule has 8 heteroatoms. The van der Waals surface area contributed by atoms with Crippen LogP contribution < -0.4 is 5.73 Å². The van der Waals surface area contributed by atoms with Crippen molar-refractivity contribution < 1.29 is 0 Å². The van der Waals surface area contributed by atoms with Crippen molar-refractivity contribution in [3.63, 3.8) is 0 Å². The third-order valence-corrected chi connectivity index (χ3v) is 7.27. The highest BCUT2D eigenvalue weighted by molar-refractivity contribution is 8.01. The molecule has 1 aromatic carbocycles. The second kappa shape index (κ2) is 13.6. The zero-order valence-electron chi connectivity index (χ0n) is 16.3. The minimum Gasteiger partial charge on any atom is -0.405 e. The smallest absolute Gasteiger partial charge is 0.101 e. The van der Waals surface area contributed by atoms with Crippen LogP contribution in [-0.2, 0) is 0 Å². The Hall–Kier alpha value is -1.62. The first kappa shape index (κ1) is 25.4. The molecule has 2 aromatic heterocycles. The highest BCUT2D eigenvalue weighted by atomic mass is 35.5. The minimum absolute atomic E-state index is 0.482. The Bertz CT molecular complexity index is 944. The highest BCUT2D eigenvalue weighted by Gasteiger charge is 2.15. The molecule has 0 radical (unpaired) electrons. The van der Waals surface area contributed by atoms with E-state index in [9.17, 15) is 5.26 Å². The molecule has 2 heterocycles. The van der Waals surface area contributed by atoms with E-state index in [1.807, 2.05) is 26.2 Å². The van der Waals surface area contributed by atoms with Crippen LogP contribution >= 0.6 is 58.1 Å². The van der Waals surface area contributed by atoms with Crippen LogP contribution in [0.2, 0.25) is 10.0 Å². The van der Waals surface area contributed by atoms with Crippen LogP contribution in [0.4, 0.5) is 0 Å². The number of hydrogen-bond donors (Lipinski definition) is 1. The normalized spacial score (nSPS) is 9.38. The van der Waals surface area contributed by atoms with Gasteiger partial charge in [-0.25, -0.2) is 0 Å². The van der Waals surface area contributed by atoms with Crippen LogP contribution in [0.25, 0.3) is 10.4 Å². The van der Waals surface area contributed by atoms with Crippen molar-refractivity contribution in [1.29, 1.82) is 5.26 Å². The maximum absolute atomic E-state index is 9.44. The molecule has 152 valence electrons. The molecule has 0 unspecified atom stereocenters. The predicted molar refractivity (Wildman–Crippen MR) is 130 cm³/mol. The Morgan fingerprint density at radius 2 is 1.72 bits per heavy atom. The molecule has 0 amide bonds. The van der Waals surface area contributed by atoms with Crippen molar-refractivity contribution >= 4 is 58.1 Å². The van der Waals surface area contributed by atoms with Gasteiger partial charge in [-0.05, 0) is 36.2 Å². The van der Waals surface area contributed by atoms with Crippen molar-refractivity contribution in [1.82, 2.24) is 4.98 Å². The number of benzene rings is 1. The predicted octanol–water partition coefficient (Wildman–Crippen LogP) is 7.98. The molecule has 3 nitrogen and oxygen atoms in total. The fraction of sp³-hybridized carbons (Fsp3) is 0.143. The van der Waals surface area contributed by atoms with Crippen molar-refractivity contribution in [2.75, 3.05) is 6.26 Å². The van der Waals surface area contributed by atoms with E-state index < -0.39 is 0 Å². The van der Waals surface area contributed by atoms with E-state index in [1.54, 1.807) is 35.5 Å². The van der Waals surface area contributed by atoms with E-state index in [2.05, 4.69) is 47.6 Å². The summed E-state index contributed by atoms with van der Waals surface area (Å²) in [6.45, 7) is 7.14. The Morgan fingerprint density at radius 3 is 2.21 bits per heavy atom. The van der Waals surface area contributed by atoms with Crippen molar-refractivity contribution in [3.8, 4) is 16.5 Å². The summed E-state index contributed by atoms with van der Waals surface area (Å²) in [6.07, 6.45) is 6.40. The zero-order valence-corrected chi connectivity index (χ0v) is 20.2. The minimum atomic E-state index is 0.482. The quantitative estimate of drug-likeness (QED) is 0.382. The molecule has 0 bridgehead atoms. The van der Waals surface area contributed by atoms with Gasteiger partial charge in [-0.15, -0.1) is 23.1 Å². The summed E-state index contributed by atoms with van der Waals surface area (Å²) in [5.74, 6) is 0. The molecule has 0 aliphatic carbocycles. The van der Waals surface area contributed by atoms with E-state index >= 15 is 0 Å². The van der Waals surface area contributed by atoms with Crippen molar-refractivity contribution in [2.24, 2.45) is 5.73 Å². The first-order valence-electron chi connectivity index (χ1n) is 8.51. The summed E-state index contributed by atoms with van der Waals surface area (Å²) in [5, 5.41) is 10.4. The Kier molecular flexibility index (Phi) is 11.9. The van der Waals surface area contributed by atoms with E-state index in [-0.39, 0.29) is 0 Å². The SMILES string of the molecule is C=CN.CC.CSc1ccc(-c2cc(C#N)c(Sc3c(Cl)cncc3Cl)s2)cc1. The fourth-order valence-corrected chi connectivity index (χ4v) is 5.25. The number of pyridine rings is 1. The average molecular weight is 483 g/mol. The third kappa shape index (κ3) is 7.29. The molecular formula is C21H21Cl2N3S3. The lowest BCUT2D eigenvalue weighted by Crippen LogP contribution is -1.80. The summed E-state index contributed by atoms with van der Waals surface area (Å²) in [6, 6.07) is 12.5. The van der Waals surface area contributed by atoms with E-state index in [0.29, 0.717) is 15.6 Å². The number of aromatic nitrogens is 1. The van der Waals surface area contributed by atoms with Crippen molar-refractivity contribution in [2.45, 2.75) is 27.8 Å². The molecule has 29 heavy (non-hydrogen) atoms. The number of rotatable bonds is 4. The number of nitrogens with two attached hydrogens (primary N) is 1. The van der Waals surface area contributed by atoms with Crippen LogP contribution in [0.15, 0.2) is 69.5 Å². The van der Waals surface area contributed by atoms with Gasteiger partial charge in [0.05, 0.1) is 24.7 Å². The van der Waals surface area contributed by atoms with Gasteiger partial charge in [-0.3, -0.25) is 4.98 Å².